The highest BCUT2D eigenvalue weighted by Crippen LogP contribution is 2.18. The molecule has 0 aliphatic heterocycles. The second-order valence-electron chi connectivity index (χ2n) is 7.17. The summed E-state index contributed by atoms with van der Waals surface area (Å²) in [6.45, 7) is 0.517. The van der Waals surface area contributed by atoms with Crippen LogP contribution in [-0.4, -0.2) is 24.0 Å². The number of nitrogens with zero attached hydrogens (tertiary/aromatic N) is 1. The maximum atomic E-state index is 12.9. The lowest BCUT2D eigenvalue weighted by Crippen LogP contribution is -2.47. The Morgan fingerprint density at radius 3 is 1.91 bits per heavy atom. The second kappa shape index (κ2) is 11.0. The Morgan fingerprint density at radius 1 is 0.735 bits per heavy atom. The van der Waals surface area contributed by atoms with E-state index in [0.29, 0.717) is 17.8 Å². The first kappa shape index (κ1) is 24.3. The minimum absolute atomic E-state index is 0.0333. The Kier molecular flexibility index (Phi) is 7.86. The second-order valence-corrected chi connectivity index (χ2v) is 7.17. The number of carbonyl (C=O) groups excluding carboxylic acids is 3. The summed E-state index contributed by atoms with van der Waals surface area (Å²) >= 11 is 0. The van der Waals surface area contributed by atoms with E-state index >= 15 is 0 Å². The van der Waals surface area contributed by atoms with Crippen molar-refractivity contribution in [2.75, 3.05) is 4.90 Å². The molecule has 0 atom stereocenters. The Balaban J connectivity index is 1.67. The fourth-order valence-electron chi connectivity index (χ4n) is 2.96. The first-order valence-corrected chi connectivity index (χ1v) is 10.1. The molecular weight excluding hydrogens is 449 g/mol. The summed E-state index contributed by atoms with van der Waals surface area (Å²) in [5.41, 5.74) is 5.32. The number of para-hydroxylation sites is 1. The van der Waals surface area contributed by atoms with Gasteiger partial charge >= 0.3 is 18.1 Å². The molecule has 0 aliphatic rings. The molecule has 0 saturated carbocycles. The van der Waals surface area contributed by atoms with E-state index in [1.807, 2.05) is 36.4 Å². The van der Waals surface area contributed by atoms with E-state index in [2.05, 4.69) is 5.32 Å². The Labute approximate surface area is 193 Å². The zero-order valence-corrected chi connectivity index (χ0v) is 17.8. The minimum Gasteiger partial charge on any atom is -0.334 e. The SMILES string of the molecule is O=C(NNC(=O)C(F)(F)F)c1ccc(CN(C(=O)NCc2ccccc2)c2ccccc2)cc1. The monoisotopic (exact) mass is 470 g/mol. The smallest absolute Gasteiger partial charge is 0.334 e. The van der Waals surface area contributed by atoms with Crippen LogP contribution in [-0.2, 0) is 17.9 Å². The van der Waals surface area contributed by atoms with Gasteiger partial charge in [-0.25, -0.2) is 4.79 Å². The van der Waals surface area contributed by atoms with Crippen LogP contribution in [0.5, 0.6) is 0 Å². The largest absolute Gasteiger partial charge is 0.472 e. The van der Waals surface area contributed by atoms with Crippen molar-refractivity contribution in [2.24, 2.45) is 0 Å². The molecule has 7 nitrogen and oxygen atoms in total. The number of halogens is 3. The molecule has 0 aliphatic carbocycles. The summed E-state index contributed by atoms with van der Waals surface area (Å²) in [6.07, 6.45) is -5.11. The minimum atomic E-state index is -5.11. The number of urea groups is 1. The number of hydrazine groups is 1. The zero-order chi connectivity index (χ0) is 24.6. The van der Waals surface area contributed by atoms with Crippen LogP contribution in [0.2, 0.25) is 0 Å². The highest BCUT2D eigenvalue weighted by Gasteiger charge is 2.39. The van der Waals surface area contributed by atoms with Crippen LogP contribution in [0.15, 0.2) is 84.9 Å². The number of anilines is 1. The third-order valence-electron chi connectivity index (χ3n) is 4.70. The molecular formula is C24H21F3N4O3. The zero-order valence-electron chi connectivity index (χ0n) is 17.8. The van der Waals surface area contributed by atoms with Gasteiger partial charge in [0.1, 0.15) is 0 Å². The third-order valence-corrected chi connectivity index (χ3v) is 4.70. The van der Waals surface area contributed by atoms with Crippen molar-refractivity contribution < 1.29 is 27.6 Å². The van der Waals surface area contributed by atoms with Gasteiger partial charge in [-0.15, -0.1) is 0 Å². The molecule has 3 N–H and O–H groups in total. The fraction of sp³-hybridized carbons (Fsp3) is 0.125. The third kappa shape index (κ3) is 6.83. The standard InChI is InChI=1S/C24H21F3N4O3/c25-24(26,27)22(33)30-29-21(32)19-13-11-18(12-14-19)16-31(20-9-5-2-6-10-20)23(34)28-15-17-7-3-1-4-8-17/h1-14H,15-16H2,(H,28,34)(H,29,32)(H,30,33). The molecule has 4 amide bonds. The van der Waals surface area contributed by atoms with Crippen LogP contribution in [0.1, 0.15) is 21.5 Å². The van der Waals surface area contributed by atoms with Gasteiger partial charge in [-0.2, -0.15) is 13.2 Å². The lowest BCUT2D eigenvalue weighted by molar-refractivity contribution is -0.174. The number of alkyl halides is 3. The van der Waals surface area contributed by atoms with Gasteiger partial charge < -0.3 is 5.32 Å². The van der Waals surface area contributed by atoms with Gasteiger partial charge in [0.15, 0.2) is 0 Å². The predicted octanol–water partition coefficient (Wildman–Crippen LogP) is 3.93. The number of rotatable bonds is 6. The number of benzene rings is 3. The van der Waals surface area contributed by atoms with E-state index in [1.165, 1.54) is 22.5 Å². The molecule has 3 rings (SSSR count). The topological polar surface area (TPSA) is 90.5 Å². The summed E-state index contributed by atoms with van der Waals surface area (Å²) in [5.74, 6) is -3.19. The van der Waals surface area contributed by atoms with Crippen molar-refractivity contribution in [2.45, 2.75) is 19.3 Å². The van der Waals surface area contributed by atoms with Gasteiger partial charge in [0.25, 0.3) is 5.91 Å². The quantitative estimate of drug-likeness (QED) is 0.477. The van der Waals surface area contributed by atoms with Crippen molar-refractivity contribution in [3.63, 3.8) is 0 Å². The molecule has 34 heavy (non-hydrogen) atoms. The van der Waals surface area contributed by atoms with Gasteiger partial charge in [-0.1, -0.05) is 60.7 Å². The molecule has 0 unspecified atom stereocenters. The Hall–Kier alpha value is -4.34. The first-order chi connectivity index (χ1) is 16.2. The maximum absolute atomic E-state index is 12.9. The van der Waals surface area contributed by atoms with E-state index < -0.39 is 18.0 Å². The van der Waals surface area contributed by atoms with Crippen LogP contribution < -0.4 is 21.1 Å². The van der Waals surface area contributed by atoms with Gasteiger partial charge in [0.05, 0.1) is 6.54 Å². The summed E-state index contributed by atoms with van der Waals surface area (Å²) in [4.78, 5) is 37.3. The average molecular weight is 470 g/mol. The molecule has 3 aromatic carbocycles. The van der Waals surface area contributed by atoms with Crippen LogP contribution >= 0.6 is 0 Å². The molecule has 0 heterocycles. The molecule has 10 heteroatoms. The molecule has 176 valence electrons. The van der Waals surface area contributed by atoms with Crippen molar-refractivity contribution in [3.8, 4) is 0 Å². The molecule has 0 spiro atoms. The highest BCUT2D eigenvalue weighted by atomic mass is 19.4. The van der Waals surface area contributed by atoms with Gasteiger partial charge in [-0.3, -0.25) is 25.3 Å². The molecule has 3 aromatic rings. The lowest BCUT2D eigenvalue weighted by atomic mass is 10.1. The van der Waals surface area contributed by atoms with Crippen LogP contribution in [0.25, 0.3) is 0 Å². The lowest BCUT2D eigenvalue weighted by Gasteiger charge is -2.23. The molecule has 0 bridgehead atoms. The van der Waals surface area contributed by atoms with Gasteiger partial charge in [-0.05, 0) is 35.4 Å². The highest BCUT2D eigenvalue weighted by molar-refractivity contribution is 5.96. The van der Waals surface area contributed by atoms with Crippen LogP contribution in [0, 0.1) is 0 Å². The summed E-state index contributed by atoms with van der Waals surface area (Å²) in [5, 5.41) is 2.88. The molecule has 0 radical (unpaired) electrons. The summed E-state index contributed by atoms with van der Waals surface area (Å²) < 4.78 is 36.7. The normalized spacial score (nSPS) is 10.8. The van der Waals surface area contributed by atoms with E-state index in [4.69, 9.17) is 0 Å². The molecule has 0 fully saturated rings. The predicted molar refractivity (Wildman–Crippen MR) is 119 cm³/mol. The van der Waals surface area contributed by atoms with Crippen molar-refractivity contribution in [3.05, 3.63) is 102 Å². The Bertz CT molecular complexity index is 1120. The molecule has 0 aromatic heterocycles. The van der Waals surface area contributed by atoms with Crippen LogP contribution in [0.4, 0.5) is 23.7 Å². The number of hydrogen-bond acceptors (Lipinski definition) is 3. The Morgan fingerprint density at radius 2 is 1.32 bits per heavy atom. The first-order valence-electron chi connectivity index (χ1n) is 10.1. The fourth-order valence-corrected chi connectivity index (χ4v) is 2.96. The summed E-state index contributed by atoms with van der Waals surface area (Å²) in [7, 11) is 0. The van der Waals surface area contributed by atoms with E-state index in [-0.39, 0.29) is 18.1 Å². The van der Waals surface area contributed by atoms with Crippen molar-refractivity contribution >= 4 is 23.5 Å². The average Bonchev–Trinajstić information content (AvgIpc) is 2.85. The number of amides is 4. The van der Waals surface area contributed by atoms with E-state index in [9.17, 15) is 27.6 Å². The summed E-state index contributed by atoms with van der Waals surface area (Å²) in [6, 6.07) is 24.0. The molecule has 0 saturated heterocycles. The van der Waals surface area contributed by atoms with Gasteiger partial charge in [0, 0.05) is 17.8 Å². The van der Waals surface area contributed by atoms with E-state index in [1.54, 1.807) is 41.8 Å². The van der Waals surface area contributed by atoms with E-state index in [0.717, 1.165) is 5.56 Å². The van der Waals surface area contributed by atoms with Crippen LogP contribution in [0.3, 0.4) is 0 Å². The van der Waals surface area contributed by atoms with Gasteiger partial charge in [0.2, 0.25) is 0 Å². The van der Waals surface area contributed by atoms with Crippen molar-refractivity contribution in [1.82, 2.24) is 16.2 Å². The maximum Gasteiger partial charge on any atom is 0.472 e. The number of hydrogen-bond donors (Lipinski definition) is 3. The number of nitrogens with one attached hydrogen (secondary N) is 3. The van der Waals surface area contributed by atoms with Crippen molar-refractivity contribution in [1.29, 1.82) is 0 Å². The number of carbonyl (C=O) groups is 3.